The highest BCUT2D eigenvalue weighted by atomic mass is 35.5. The summed E-state index contributed by atoms with van der Waals surface area (Å²) in [5.74, 6) is 0.998. The normalized spacial score (nSPS) is 10.9. The minimum Gasteiger partial charge on any atom is -0.334 e. The van der Waals surface area contributed by atoms with Gasteiger partial charge in [-0.25, -0.2) is 0 Å². The number of pyridine rings is 1. The topological polar surface area (TPSA) is 51.8 Å². The number of hydrogen-bond acceptors (Lipinski definition) is 4. The van der Waals surface area contributed by atoms with Gasteiger partial charge in [-0.2, -0.15) is 4.98 Å². The number of hydrogen-bond donors (Lipinski definition) is 0. The molecule has 0 N–H and O–H groups in total. The fraction of sp³-hybridized carbons (Fsp3) is 0.235. The molecule has 5 heteroatoms. The lowest BCUT2D eigenvalue weighted by Gasteiger charge is -2.00. The van der Waals surface area contributed by atoms with Crippen LogP contribution in [0.15, 0.2) is 41.1 Å². The molecular formula is C17H16ClN3O. The molecule has 0 fully saturated rings. The van der Waals surface area contributed by atoms with Gasteiger partial charge >= 0.3 is 0 Å². The van der Waals surface area contributed by atoms with Gasteiger partial charge in [-0.15, -0.1) is 0 Å². The maximum Gasteiger partial charge on any atom is 0.259 e. The second kappa shape index (κ2) is 6.28. The highest BCUT2D eigenvalue weighted by molar-refractivity contribution is 6.30. The van der Waals surface area contributed by atoms with Crippen molar-refractivity contribution in [1.29, 1.82) is 0 Å². The van der Waals surface area contributed by atoms with Crippen LogP contribution in [0.25, 0.3) is 22.8 Å². The van der Waals surface area contributed by atoms with Crippen LogP contribution < -0.4 is 0 Å². The summed E-state index contributed by atoms with van der Waals surface area (Å²) >= 11 is 6.04. The van der Waals surface area contributed by atoms with Gasteiger partial charge < -0.3 is 4.52 Å². The molecule has 3 aromatic rings. The van der Waals surface area contributed by atoms with Gasteiger partial charge in [0.1, 0.15) is 0 Å². The molecule has 22 heavy (non-hydrogen) atoms. The van der Waals surface area contributed by atoms with Crippen LogP contribution in [-0.2, 0) is 6.42 Å². The maximum absolute atomic E-state index is 6.04. The van der Waals surface area contributed by atoms with Crippen LogP contribution in [0.4, 0.5) is 0 Å². The zero-order valence-electron chi connectivity index (χ0n) is 12.5. The molecule has 0 atom stereocenters. The molecule has 0 aliphatic heterocycles. The van der Waals surface area contributed by atoms with Crippen molar-refractivity contribution in [3.63, 3.8) is 0 Å². The minimum atomic E-state index is 0.463. The molecule has 2 heterocycles. The Bertz CT molecular complexity index is 781. The van der Waals surface area contributed by atoms with Crippen molar-refractivity contribution >= 4 is 11.6 Å². The lowest BCUT2D eigenvalue weighted by atomic mass is 10.1. The van der Waals surface area contributed by atoms with E-state index in [2.05, 4.69) is 22.0 Å². The Morgan fingerprint density at radius 3 is 2.77 bits per heavy atom. The van der Waals surface area contributed by atoms with Crippen LogP contribution in [0.2, 0.25) is 5.02 Å². The number of aryl methyl sites for hydroxylation is 2. The molecule has 3 rings (SSSR count). The second-order valence-corrected chi connectivity index (χ2v) is 5.61. The first-order chi connectivity index (χ1) is 10.7. The third-order valence-corrected chi connectivity index (χ3v) is 3.68. The SMILES string of the molecule is CCCc1ccc(-c2nc(-c3cc(Cl)ccc3C)no2)cn1. The van der Waals surface area contributed by atoms with E-state index in [1.54, 1.807) is 6.20 Å². The Hall–Kier alpha value is -2.20. The van der Waals surface area contributed by atoms with Gasteiger partial charge in [0, 0.05) is 22.5 Å². The van der Waals surface area contributed by atoms with E-state index in [4.69, 9.17) is 16.1 Å². The summed E-state index contributed by atoms with van der Waals surface area (Å²) in [6.07, 6.45) is 3.81. The van der Waals surface area contributed by atoms with Crippen LogP contribution >= 0.6 is 11.6 Å². The third-order valence-electron chi connectivity index (χ3n) is 3.44. The van der Waals surface area contributed by atoms with Crippen molar-refractivity contribution in [2.24, 2.45) is 0 Å². The molecule has 0 spiro atoms. The molecule has 0 saturated carbocycles. The highest BCUT2D eigenvalue weighted by Crippen LogP contribution is 2.26. The summed E-state index contributed by atoms with van der Waals surface area (Å²) in [5, 5.41) is 4.70. The largest absolute Gasteiger partial charge is 0.334 e. The van der Waals surface area contributed by atoms with E-state index >= 15 is 0 Å². The van der Waals surface area contributed by atoms with Crippen molar-refractivity contribution in [3.05, 3.63) is 52.8 Å². The zero-order valence-corrected chi connectivity index (χ0v) is 13.3. The quantitative estimate of drug-likeness (QED) is 0.699. The average molecular weight is 314 g/mol. The van der Waals surface area contributed by atoms with Gasteiger partial charge in [-0.1, -0.05) is 36.2 Å². The Labute approximate surface area is 134 Å². The fourth-order valence-corrected chi connectivity index (χ4v) is 2.41. The lowest BCUT2D eigenvalue weighted by Crippen LogP contribution is -1.89. The predicted octanol–water partition coefficient (Wildman–Crippen LogP) is 4.71. The van der Waals surface area contributed by atoms with Crippen LogP contribution in [0.5, 0.6) is 0 Å². The van der Waals surface area contributed by atoms with E-state index < -0.39 is 0 Å². The van der Waals surface area contributed by atoms with Crippen molar-refractivity contribution < 1.29 is 4.52 Å². The standard InChI is InChI=1S/C17H16ClN3O/c1-3-4-14-8-6-12(10-19-14)17-20-16(21-22-17)15-9-13(18)7-5-11(15)2/h5-10H,3-4H2,1-2H3. The van der Waals surface area contributed by atoms with Crippen LogP contribution in [0, 0.1) is 6.92 Å². The predicted molar refractivity (Wildman–Crippen MR) is 86.7 cm³/mol. The number of nitrogens with zero attached hydrogens (tertiary/aromatic N) is 3. The summed E-state index contributed by atoms with van der Waals surface area (Å²) in [5.41, 5.74) is 3.81. The molecular weight excluding hydrogens is 298 g/mol. The van der Waals surface area contributed by atoms with Crippen molar-refractivity contribution in [2.75, 3.05) is 0 Å². The smallest absolute Gasteiger partial charge is 0.259 e. The molecule has 0 unspecified atom stereocenters. The maximum atomic E-state index is 6.04. The molecule has 0 aliphatic rings. The molecule has 0 radical (unpaired) electrons. The Kier molecular flexibility index (Phi) is 4.20. The highest BCUT2D eigenvalue weighted by Gasteiger charge is 2.13. The fourth-order valence-electron chi connectivity index (χ4n) is 2.24. The Balaban J connectivity index is 1.91. The number of benzene rings is 1. The van der Waals surface area contributed by atoms with Crippen LogP contribution in [-0.4, -0.2) is 15.1 Å². The minimum absolute atomic E-state index is 0.463. The van der Waals surface area contributed by atoms with E-state index in [-0.39, 0.29) is 0 Å². The molecule has 4 nitrogen and oxygen atoms in total. The van der Waals surface area contributed by atoms with Crippen molar-refractivity contribution in [2.45, 2.75) is 26.7 Å². The number of aromatic nitrogens is 3. The van der Waals surface area contributed by atoms with Crippen LogP contribution in [0.3, 0.4) is 0 Å². The summed E-state index contributed by atoms with van der Waals surface area (Å²) < 4.78 is 5.36. The summed E-state index contributed by atoms with van der Waals surface area (Å²) in [6, 6.07) is 9.58. The van der Waals surface area contributed by atoms with Crippen molar-refractivity contribution in [1.82, 2.24) is 15.1 Å². The molecule has 0 amide bonds. The molecule has 112 valence electrons. The third kappa shape index (κ3) is 3.02. The molecule has 0 bridgehead atoms. The molecule has 2 aromatic heterocycles. The van der Waals surface area contributed by atoms with E-state index in [9.17, 15) is 0 Å². The summed E-state index contributed by atoms with van der Waals surface area (Å²) in [7, 11) is 0. The first-order valence-electron chi connectivity index (χ1n) is 7.23. The Morgan fingerprint density at radius 1 is 1.18 bits per heavy atom. The second-order valence-electron chi connectivity index (χ2n) is 5.17. The van der Waals surface area contributed by atoms with Gasteiger partial charge in [0.2, 0.25) is 5.82 Å². The van der Waals surface area contributed by atoms with Crippen LogP contribution in [0.1, 0.15) is 24.6 Å². The number of halogens is 1. The van der Waals surface area contributed by atoms with Gasteiger partial charge in [0.05, 0.1) is 5.56 Å². The molecule has 0 saturated heterocycles. The average Bonchev–Trinajstić information content (AvgIpc) is 3.00. The van der Waals surface area contributed by atoms with Gasteiger partial charge in [-0.3, -0.25) is 4.98 Å². The molecule has 0 aliphatic carbocycles. The molecule has 1 aromatic carbocycles. The van der Waals surface area contributed by atoms with Gasteiger partial charge in [0.15, 0.2) is 0 Å². The lowest BCUT2D eigenvalue weighted by molar-refractivity contribution is 0.432. The van der Waals surface area contributed by atoms with E-state index in [0.717, 1.165) is 35.2 Å². The summed E-state index contributed by atoms with van der Waals surface area (Å²) in [4.78, 5) is 8.86. The van der Waals surface area contributed by atoms with E-state index in [1.807, 2.05) is 37.3 Å². The first kappa shape index (κ1) is 14.7. The zero-order chi connectivity index (χ0) is 15.5. The van der Waals surface area contributed by atoms with E-state index in [0.29, 0.717) is 16.7 Å². The van der Waals surface area contributed by atoms with Crippen molar-refractivity contribution in [3.8, 4) is 22.8 Å². The number of rotatable bonds is 4. The first-order valence-corrected chi connectivity index (χ1v) is 7.60. The van der Waals surface area contributed by atoms with E-state index in [1.165, 1.54) is 0 Å². The Morgan fingerprint density at radius 2 is 2.05 bits per heavy atom. The van der Waals surface area contributed by atoms with Gasteiger partial charge in [-0.05, 0) is 43.2 Å². The monoisotopic (exact) mass is 313 g/mol. The summed E-state index contributed by atoms with van der Waals surface area (Å²) in [6.45, 7) is 4.12. The van der Waals surface area contributed by atoms with Gasteiger partial charge in [0.25, 0.3) is 5.89 Å².